The minimum atomic E-state index is -0.0185. The fourth-order valence-corrected chi connectivity index (χ4v) is 3.88. The van der Waals surface area contributed by atoms with Gasteiger partial charge in [0, 0.05) is 9.35 Å². The molecule has 0 fully saturated rings. The van der Waals surface area contributed by atoms with Gasteiger partial charge in [0.2, 0.25) is 5.91 Å². The van der Waals surface area contributed by atoms with Crippen molar-refractivity contribution < 1.29 is 14.3 Å². The number of hydrogen-bond acceptors (Lipinski definition) is 4. The molecule has 1 aromatic heterocycles. The Balaban J connectivity index is 2.14. The maximum Gasteiger partial charge on any atom is 0.224 e. The van der Waals surface area contributed by atoms with Crippen molar-refractivity contribution in [3.8, 4) is 11.5 Å². The molecule has 1 atom stereocenters. The molecule has 4 nitrogen and oxygen atoms in total. The predicted molar refractivity (Wildman–Crippen MR) is 101 cm³/mol. The number of thiophene rings is 1. The summed E-state index contributed by atoms with van der Waals surface area (Å²) in [7, 11) is 3.17. The largest absolute Gasteiger partial charge is 0.493 e. The van der Waals surface area contributed by atoms with Gasteiger partial charge in [-0.2, -0.15) is 0 Å². The SMILES string of the molecule is COc1cc(Br)c(CC(=O)N[C@H](c2cccs2)C(C)C)cc1OC. The van der Waals surface area contributed by atoms with Crippen molar-refractivity contribution in [2.75, 3.05) is 14.2 Å². The van der Waals surface area contributed by atoms with Gasteiger partial charge >= 0.3 is 0 Å². The molecule has 0 saturated heterocycles. The topological polar surface area (TPSA) is 47.6 Å². The van der Waals surface area contributed by atoms with Crippen LogP contribution in [-0.4, -0.2) is 20.1 Å². The second kappa shape index (κ2) is 8.53. The van der Waals surface area contributed by atoms with Gasteiger partial charge in [0.15, 0.2) is 11.5 Å². The number of nitrogens with one attached hydrogen (secondary N) is 1. The lowest BCUT2D eigenvalue weighted by molar-refractivity contribution is -0.121. The molecule has 0 unspecified atom stereocenters. The molecule has 0 aliphatic heterocycles. The van der Waals surface area contributed by atoms with Gasteiger partial charge in [0.1, 0.15) is 0 Å². The summed E-state index contributed by atoms with van der Waals surface area (Å²) in [6.07, 6.45) is 0.273. The third-order valence-electron chi connectivity index (χ3n) is 3.74. The highest BCUT2D eigenvalue weighted by Crippen LogP contribution is 2.33. The highest BCUT2D eigenvalue weighted by Gasteiger charge is 2.20. The highest BCUT2D eigenvalue weighted by molar-refractivity contribution is 9.10. The smallest absolute Gasteiger partial charge is 0.224 e. The number of benzene rings is 1. The van der Waals surface area contributed by atoms with Crippen molar-refractivity contribution in [3.63, 3.8) is 0 Å². The number of methoxy groups -OCH3 is 2. The molecule has 130 valence electrons. The monoisotopic (exact) mass is 411 g/mol. The van der Waals surface area contributed by atoms with Crippen molar-refractivity contribution in [1.29, 1.82) is 0 Å². The first-order valence-electron chi connectivity index (χ1n) is 7.69. The highest BCUT2D eigenvalue weighted by atomic mass is 79.9. The van der Waals surface area contributed by atoms with E-state index in [2.05, 4.69) is 41.2 Å². The van der Waals surface area contributed by atoms with E-state index in [0.29, 0.717) is 17.4 Å². The number of amides is 1. The molecule has 1 amide bonds. The van der Waals surface area contributed by atoms with Crippen LogP contribution in [-0.2, 0) is 11.2 Å². The molecule has 1 N–H and O–H groups in total. The fraction of sp³-hybridized carbons (Fsp3) is 0.389. The molecule has 0 radical (unpaired) electrons. The van der Waals surface area contributed by atoms with Gasteiger partial charge < -0.3 is 14.8 Å². The molecule has 6 heteroatoms. The van der Waals surface area contributed by atoms with Crippen LogP contribution in [0.25, 0.3) is 0 Å². The Morgan fingerprint density at radius 3 is 2.46 bits per heavy atom. The molecule has 2 aromatic rings. The van der Waals surface area contributed by atoms with Crippen molar-refractivity contribution >= 4 is 33.2 Å². The van der Waals surface area contributed by atoms with Gasteiger partial charge in [-0.05, 0) is 35.1 Å². The van der Waals surface area contributed by atoms with E-state index < -0.39 is 0 Å². The summed E-state index contributed by atoms with van der Waals surface area (Å²) in [5, 5.41) is 5.17. The van der Waals surface area contributed by atoms with E-state index in [1.165, 1.54) is 4.88 Å². The zero-order valence-electron chi connectivity index (χ0n) is 14.3. The summed E-state index contributed by atoms with van der Waals surface area (Å²) in [6.45, 7) is 4.22. The molecule has 1 heterocycles. The van der Waals surface area contributed by atoms with E-state index in [9.17, 15) is 4.79 Å². The zero-order valence-corrected chi connectivity index (χ0v) is 16.7. The summed E-state index contributed by atoms with van der Waals surface area (Å²) >= 11 is 5.16. The first kappa shape index (κ1) is 18.8. The van der Waals surface area contributed by atoms with Gasteiger partial charge in [0.25, 0.3) is 0 Å². The summed E-state index contributed by atoms with van der Waals surface area (Å²) in [4.78, 5) is 13.7. The fourth-order valence-electron chi connectivity index (χ4n) is 2.46. The average molecular weight is 412 g/mol. The lowest BCUT2D eigenvalue weighted by atomic mass is 10.0. The zero-order chi connectivity index (χ0) is 17.7. The third kappa shape index (κ3) is 4.51. The summed E-state index contributed by atoms with van der Waals surface area (Å²) in [5.74, 6) is 1.55. The minimum absolute atomic E-state index is 0.0185. The summed E-state index contributed by atoms with van der Waals surface area (Å²) in [6, 6.07) is 7.74. The molecule has 0 aliphatic carbocycles. The molecule has 0 aliphatic rings. The quantitative estimate of drug-likeness (QED) is 0.724. The first-order valence-corrected chi connectivity index (χ1v) is 9.36. The van der Waals surface area contributed by atoms with Crippen molar-refractivity contribution in [1.82, 2.24) is 5.32 Å². The second-order valence-corrected chi connectivity index (χ2v) is 7.61. The van der Waals surface area contributed by atoms with E-state index in [1.54, 1.807) is 25.6 Å². The van der Waals surface area contributed by atoms with Crippen LogP contribution in [0, 0.1) is 5.92 Å². The van der Waals surface area contributed by atoms with E-state index in [4.69, 9.17) is 9.47 Å². The van der Waals surface area contributed by atoms with Crippen LogP contribution < -0.4 is 14.8 Å². The summed E-state index contributed by atoms with van der Waals surface area (Å²) < 4.78 is 11.4. The molecular weight excluding hydrogens is 390 g/mol. The van der Waals surface area contributed by atoms with Gasteiger partial charge in [-0.25, -0.2) is 0 Å². The predicted octanol–water partition coefficient (Wildman–Crippen LogP) is 4.58. The summed E-state index contributed by atoms with van der Waals surface area (Å²) in [5.41, 5.74) is 0.860. The van der Waals surface area contributed by atoms with Crippen LogP contribution >= 0.6 is 27.3 Å². The Hall–Kier alpha value is -1.53. The molecular formula is C18H22BrNO3S. The minimum Gasteiger partial charge on any atom is -0.493 e. The molecule has 1 aromatic carbocycles. The third-order valence-corrected chi connectivity index (χ3v) is 5.43. The van der Waals surface area contributed by atoms with Gasteiger partial charge in [-0.15, -0.1) is 11.3 Å². The van der Waals surface area contributed by atoms with E-state index in [1.807, 2.05) is 23.6 Å². The molecule has 0 bridgehead atoms. The number of carbonyl (C=O) groups is 1. The lowest BCUT2D eigenvalue weighted by Crippen LogP contribution is -2.32. The van der Waals surface area contributed by atoms with Crippen LogP contribution in [0.5, 0.6) is 11.5 Å². The van der Waals surface area contributed by atoms with E-state index in [0.717, 1.165) is 10.0 Å². The standard InChI is InChI=1S/C18H22BrNO3S/c1-11(2)18(16-6-5-7-24-16)20-17(21)9-12-8-14(22-3)15(23-4)10-13(12)19/h5-8,10-11,18H,9H2,1-4H3,(H,20,21)/t18-/m0/s1. The van der Waals surface area contributed by atoms with Crippen molar-refractivity contribution in [2.24, 2.45) is 5.92 Å². The first-order chi connectivity index (χ1) is 11.5. The lowest BCUT2D eigenvalue weighted by Gasteiger charge is -2.21. The van der Waals surface area contributed by atoms with Crippen LogP contribution in [0.1, 0.15) is 30.3 Å². The van der Waals surface area contributed by atoms with E-state index >= 15 is 0 Å². The van der Waals surface area contributed by atoms with Crippen LogP contribution in [0.15, 0.2) is 34.1 Å². The number of halogens is 1. The number of rotatable bonds is 7. The number of hydrogen-bond donors (Lipinski definition) is 1. The Morgan fingerprint density at radius 2 is 1.92 bits per heavy atom. The van der Waals surface area contributed by atoms with Gasteiger partial charge in [-0.3, -0.25) is 4.79 Å². The molecule has 24 heavy (non-hydrogen) atoms. The Kier molecular flexibility index (Phi) is 6.69. The molecule has 2 rings (SSSR count). The molecule has 0 saturated carbocycles. The Morgan fingerprint density at radius 1 is 1.25 bits per heavy atom. The van der Waals surface area contributed by atoms with Crippen LogP contribution in [0.4, 0.5) is 0 Å². The number of carbonyl (C=O) groups excluding carboxylic acids is 1. The van der Waals surface area contributed by atoms with Gasteiger partial charge in [0.05, 0.1) is 26.7 Å². The van der Waals surface area contributed by atoms with Crippen LogP contribution in [0.3, 0.4) is 0 Å². The normalized spacial score (nSPS) is 12.1. The van der Waals surface area contributed by atoms with E-state index in [-0.39, 0.29) is 18.4 Å². The second-order valence-electron chi connectivity index (χ2n) is 5.78. The Labute approximate surface area is 155 Å². The van der Waals surface area contributed by atoms with Crippen molar-refractivity contribution in [3.05, 3.63) is 44.6 Å². The van der Waals surface area contributed by atoms with Crippen molar-refractivity contribution in [2.45, 2.75) is 26.3 Å². The van der Waals surface area contributed by atoms with Gasteiger partial charge in [-0.1, -0.05) is 35.8 Å². The van der Waals surface area contributed by atoms with Crippen LogP contribution in [0.2, 0.25) is 0 Å². The maximum absolute atomic E-state index is 12.5. The molecule has 0 spiro atoms. The maximum atomic E-state index is 12.5. The Bertz CT molecular complexity index is 686. The average Bonchev–Trinajstić information content (AvgIpc) is 3.07. The number of ether oxygens (including phenoxy) is 2.